The van der Waals surface area contributed by atoms with E-state index in [2.05, 4.69) is 44.3 Å². The van der Waals surface area contributed by atoms with Crippen LogP contribution in [0.1, 0.15) is 36.0 Å². The highest BCUT2D eigenvalue weighted by Crippen LogP contribution is 2.41. The fourth-order valence-corrected chi connectivity index (χ4v) is 3.95. The van der Waals surface area contributed by atoms with Gasteiger partial charge < -0.3 is 22.4 Å². The van der Waals surface area contributed by atoms with Gasteiger partial charge in [-0.15, -0.1) is 0 Å². The molecule has 0 spiro atoms. The molecule has 0 fully saturated rings. The van der Waals surface area contributed by atoms with Crippen LogP contribution in [0, 0.1) is 0 Å². The monoisotopic (exact) mass is 351 g/mol. The summed E-state index contributed by atoms with van der Waals surface area (Å²) in [6, 6.07) is 14.9. The quantitative estimate of drug-likeness (QED) is 0.798. The Bertz CT molecular complexity index is 660. The summed E-state index contributed by atoms with van der Waals surface area (Å²) in [7, 11) is 2.28. The average Bonchev–Trinajstić information content (AvgIpc) is 2.87. The predicted molar refractivity (Wildman–Crippen MR) is 90.9 cm³/mol. The Hall–Kier alpha value is -1.22. The van der Waals surface area contributed by atoms with Crippen molar-refractivity contribution in [1.29, 1.82) is 0 Å². The lowest BCUT2D eigenvalue weighted by Crippen LogP contribution is -3.13. The highest BCUT2D eigenvalue weighted by atomic mass is 35.5. The van der Waals surface area contributed by atoms with Crippen molar-refractivity contribution >= 4 is 11.6 Å². The number of fused-ring (bicyclic) bond motifs is 1. The molecular formula is C19H23Cl2NO. The maximum atomic E-state index is 10.0. The van der Waals surface area contributed by atoms with Gasteiger partial charge >= 0.3 is 0 Å². The molecular weight excluding hydrogens is 329 g/mol. The molecule has 0 saturated carbocycles. The molecule has 0 amide bonds. The maximum Gasteiger partial charge on any atom is 0.134 e. The Morgan fingerprint density at radius 1 is 1.22 bits per heavy atom. The molecule has 0 heterocycles. The summed E-state index contributed by atoms with van der Waals surface area (Å²) in [5.74, 6) is 0.515. The molecule has 0 saturated heterocycles. The molecule has 0 bridgehead atoms. The zero-order chi connectivity index (χ0) is 15.7. The van der Waals surface area contributed by atoms with Gasteiger partial charge in [-0.3, -0.25) is 0 Å². The third-order valence-corrected chi connectivity index (χ3v) is 5.12. The van der Waals surface area contributed by atoms with Gasteiger partial charge in [0.2, 0.25) is 0 Å². The standard InChI is InChI=1S/C19H22ClNO.ClH/c1-3-9-21(2)17-11-14-10-16(20)18(22)12-15(14)19(17)13-7-5-4-6-8-13;/h4-8,10,12,17,19,22H,3,9,11H2,1-2H3;1H/t17-,19-;/m1./s1. The molecule has 3 rings (SSSR count). The van der Waals surface area contributed by atoms with Crippen LogP contribution in [-0.4, -0.2) is 24.7 Å². The molecule has 0 aliphatic heterocycles. The molecule has 2 aromatic carbocycles. The summed E-state index contributed by atoms with van der Waals surface area (Å²) in [5.41, 5.74) is 3.83. The van der Waals surface area contributed by atoms with E-state index in [9.17, 15) is 5.11 Å². The van der Waals surface area contributed by atoms with Crippen LogP contribution in [0.25, 0.3) is 0 Å². The number of hydrogen-bond acceptors (Lipinski definition) is 1. The van der Waals surface area contributed by atoms with E-state index in [-0.39, 0.29) is 18.2 Å². The molecule has 1 aliphatic carbocycles. The zero-order valence-electron chi connectivity index (χ0n) is 13.5. The van der Waals surface area contributed by atoms with E-state index in [1.54, 1.807) is 4.90 Å². The zero-order valence-corrected chi connectivity index (χ0v) is 15.0. The summed E-state index contributed by atoms with van der Waals surface area (Å²) in [6.45, 7) is 3.38. The van der Waals surface area contributed by atoms with Crippen molar-refractivity contribution < 1.29 is 22.4 Å². The summed E-state index contributed by atoms with van der Waals surface area (Å²) in [6.07, 6.45) is 2.19. The number of phenolic OH excluding ortho intramolecular Hbond substituents is 1. The van der Waals surface area contributed by atoms with Crippen LogP contribution in [-0.2, 0) is 6.42 Å². The van der Waals surface area contributed by atoms with Crippen LogP contribution >= 0.6 is 11.6 Å². The summed E-state index contributed by atoms with van der Waals surface area (Å²) >= 11 is 6.12. The molecule has 4 heteroatoms. The maximum absolute atomic E-state index is 10.0. The van der Waals surface area contributed by atoms with Crippen LogP contribution in [0.15, 0.2) is 42.5 Å². The third kappa shape index (κ3) is 3.50. The van der Waals surface area contributed by atoms with E-state index in [1.807, 2.05) is 12.1 Å². The van der Waals surface area contributed by atoms with Gasteiger partial charge in [0.25, 0.3) is 0 Å². The number of benzene rings is 2. The Balaban J connectivity index is 0.00000192. The van der Waals surface area contributed by atoms with Crippen molar-refractivity contribution in [2.24, 2.45) is 0 Å². The SMILES string of the molecule is CCC[NH+](C)[C@@H]1Cc2cc(Cl)c(O)cc2[C@H]1c1ccccc1.[Cl-]. The number of likely N-dealkylation sites (N-methyl/N-ethyl adjacent to an activating group) is 1. The minimum atomic E-state index is 0. The first-order valence-electron chi connectivity index (χ1n) is 8.00. The van der Waals surface area contributed by atoms with Crippen LogP contribution in [0.5, 0.6) is 5.75 Å². The minimum absolute atomic E-state index is 0. The Kier molecular flexibility index (Phi) is 5.96. The Labute approximate surface area is 149 Å². The van der Waals surface area contributed by atoms with Gasteiger partial charge in [0.15, 0.2) is 0 Å². The number of aromatic hydroxyl groups is 1. The third-order valence-electron chi connectivity index (χ3n) is 4.82. The van der Waals surface area contributed by atoms with Crippen molar-refractivity contribution in [3.05, 3.63) is 64.2 Å². The van der Waals surface area contributed by atoms with Gasteiger partial charge in [-0.2, -0.15) is 0 Å². The van der Waals surface area contributed by atoms with Gasteiger partial charge in [-0.25, -0.2) is 0 Å². The number of hydrogen-bond donors (Lipinski definition) is 2. The molecule has 23 heavy (non-hydrogen) atoms. The molecule has 2 N–H and O–H groups in total. The molecule has 3 atom stereocenters. The fourth-order valence-electron chi connectivity index (χ4n) is 3.77. The molecule has 1 unspecified atom stereocenters. The second-order valence-corrected chi connectivity index (χ2v) is 6.70. The van der Waals surface area contributed by atoms with Gasteiger partial charge in [0, 0.05) is 6.42 Å². The van der Waals surface area contributed by atoms with Gasteiger partial charge in [0.05, 0.1) is 24.5 Å². The minimum Gasteiger partial charge on any atom is -1.00 e. The highest BCUT2D eigenvalue weighted by molar-refractivity contribution is 6.32. The molecule has 0 radical (unpaired) electrons. The number of quaternary nitrogens is 1. The van der Waals surface area contributed by atoms with Crippen molar-refractivity contribution in [3.63, 3.8) is 0 Å². The number of nitrogens with one attached hydrogen (secondary N) is 1. The van der Waals surface area contributed by atoms with Crippen molar-refractivity contribution in [2.75, 3.05) is 13.6 Å². The first-order chi connectivity index (χ1) is 10.6. The summed E-state index contributed by atoms with van der Waals surface area (Å²) < 4.78 is 0. The topological polar surface area (TPSA) is 24.7 Å². The van der Waals surface area contributed by atoms with Crippen molar-refractivity contribution in [1.82, 2.24) is 0 Å². The lowest BCUT2D eigenvalue weighted by molar-refractivity contribution is -0.906. The van der Waals surface area contributed by atoms with Gasteiger partial charge in [-0.05, 0) is 35.2 Å². The number of phenols is 1. The van der Waals surface area contributed by atoms with Crippen molar-refractivity contribution in [2.45, 2.75) is 31.7 Å². The van der Waals surface area contributed by atoms with E-state index in [0.29, 0.717) is 17.0 Å². The second-order valence-electron chi connectivity index (χ2n) is 6.30. The normalized spacial score (nSPS) is 20.7. The summed E-state index contributed by atoms with van der Waals surface area (Å²) in [4.78, 5) is 1.54. The largest absolute Gasteiger partial charge is 1.00 e. The molecule has 1 aliphatic rings. The predicted octanol–water partition coefficient (Wildman–Crippen LogP) is 0.0309. The smallest absolute Gasteiger partial charge is 0.134 e. The molecule has 2 nitrogen and oxygen atoms in total. The second kappa shape index (κ2) is 7.57. The van der Waals surface area contributed by atoms with E-state index in [0.717, 1.165) is 13.0 Å². The lowest BCUT2D eigenvalue weighted by atomic mass is 9.89. The Morgan fingerprint density at radius 2 is 1.91 bits per heavy atom. The van der Waals surface area contributed by atoms with Crippen LogP contribution in [0.4, 0.5) is 0 Å². The fraction of sp³-hybridized carbons (Fsp3) is 0.368. The number of rotatable bonds is 4. The Morgan fingerprint density at radius 3 is 2.57 bits per heavy atom. The average molecular weight is 352 g/mol. The van der Waals surface area contributed by atoms with E-state index >= 15 is 0 Å². The van der Waals surface area contributed by atoms with E-state index in [1.165, 1.54) is 23.1 Å². The van der Waals surface area contributed by atoms with Crippen LogP contribution < -0.4 is 17.3 Å². The van der Waals surface area contributed by atoms with Gasteiger partial charge in [0.1, 0.15) is 11.8 Å². The molecule has 124 valence electrons. The highest BCUT2D eigenvalue weighted by Gasteiger charge is 2.39. The van der Waals surface area contributed by atoms with E-state index in [4.69, 9.17) is 11.6 Å². The van der Waals surface area contributed by atoms with E-state index < -0.39 is 0 Å². The van der Waals surface area contributed by atoms with Gasteiger partial charge in [-0.1, -0.05) is 48.9 Å². The molecule has 2 aromatic rings. The van der Waals surface area contributed by atoms with Crippen LogP contribution in [0.2, 0.25) is 5.02 Å². The summed E-state index contributed by atoms with van der Waals surface area (Å²) in [5, 5.41) is 10.5. The number of halogens is 2. The molecule has 0 aromatic heterocycles. The van der Waals surface area contributed by atoms with Crippen molar-refractivity contribution in [3.8, 4) is 5.75 Å². The first kappa shape index (κ1) is 18.1. The van der Waals surface area contributed by atoms with Crippen LogP contribution in [0.3, 0.4) is 0 Å². The first-order valence-corrected chi connectivity index (χ1v) is 8.38. The lowest BCUT2D eigenvalue weighted by Gasteiger charge is -2.27.